The Balaban J connectivity index is 1.57. The van der Waals surface area contributed by atoms with Crippen LogP contribution >= 0.6 is 0 Å². The number of allylic oxidation sites excluding steroid dienone is 4. The van der Waals surface area contributed by atoms with Gasteiger partial charge in [-0.2, -0.15) is 21.0 Å². The third-order valence-electron chi connectivity index (χ3n) is 5.85. The summed E-state index contributed by atoms with van der Waals surface area (Å²) in [4.78, 5) is 0. The van der Waals surface area contributed by atoms with Crippen molar-refractivity contribution in [2.24, 2.45) is 0 Å². The SMILES string of the molecule is CC(=C(C#N)C#N)c1ccc(OCCCCCCCCOc2ccc(C(C)=C(C#N)C#N)cc2)cc1. The Kier molecular flexibility index (Phi) is 11.9. The summed E-state index contributed by atoms with van der Waals surface area (Å²) < 4.78 is 11.6. The minimum Gasteiger partial charge on any atom is -0.494 e. The molecule has 0 heterocycles. The average molecular weight is 479 g/mol. The van der Waals surface area contributed by atoms with Crippen LogP contribution in [-0.4, -0.2) is 13.2 Å². The van der Waals surface area contributed by atoms with Crippen LogP contribution < -0.4 is 9.47 Å². The first kappa shape index (κ1) is 27.7. The van der Waals surface area contributed by atoms with Crippen LogP contribution in [0.25, 0.3) is 11.1 Å². The van der Waals surface area contributed by atoms with E-state index in [0.717, 1.165) is 61.2 Å². The molecule has 0 saturated heterocycles. The van der Waals surface area contributed by atoms with Gasteiger partial charge in [0.2, 0.25) is 0 Å². The largest absolute Gasteiger partial charge is 0.494 e. The normalized spacial score (nSPS) is 9.61. The van der Waals surface area contributed by atoms with E-state index in [1.165, 1.54) is 0 Å². The lowest BCUT2D eigenvalue weighted by Crippen LogP contribution is -1.99. The first-order chi connectivity index (χ1) is 17.5. The molecule has 0 saturated carbocycles. The Bertz CT molecular complexity index is 1100. The molecule has 0 aliphatic heterocycles. The summed E-state index contributed by atoms with van der Waals surface area (Å²) in [5, 5.41) is 35.9. The number of hydrogen-bond acceptors (Lipinski definition) is 6. The standard InChI is InChI=1S/C30H30N4O2/c1-23(27(19-31)20-32)25-9-13-29(14-10-25)35-17-7-5-3-4-6-8-18-36-30-15-11-26(12-16-30)24(2)28(21-33)22-34/h9-16H,3-8,17-18H2,1-2H3. The van der Waals surface area contributed by atoms with Gasteiger partial charge < -0.3 is 9.47 Å². The minimum absolute atomic E-state index is 0.126. The topological polar surface area (TPSA) is 114 Å². The van der Waals surface area contributed by atoms with Crippen LogP contribution in [0.1, 0.15) is 63.5 Å². The van der Waals surface area contributed by atoms with E-state index in [1.54, 1.807) is 13.8 Å². The molecule has 2 rings (SSSR count). The lowest BCUT2D eigenvalue weighted by molar-refractivity contribution is 0.297. The van der Waals surface area contributed by atoms with Crippen LogP contribution in [0, 0.1) is 45.3 Å². The summed E-state index contributed by atoms with van der Waals surface area (Å²) in [5.41, 5.74) is 3.28. The number of nitrogens with zero attached hydrogens (tertiary/aromatic N) is 4. The monoisotopic (exact) mass is 478 g/mol. The zero-order valence-corrected chi connectivity index (χ0v) is 20.9. The summed E-state index contributed by atoms with van der Waals surface area (Å²) in [7, 11) is 0. The maximum Gasteiger partial charge on any atom is 0.133 e. The molecule has 2 aromatic carbocycles. The van der Waals surface area contributed by atoms with E-state index in [-0.39, 0.29) is 11.1 Å². The molecule has 0 aromatic heterocycles. The lowest BCUT2D eigenvalue weighted by atomic mass is 10.0. The summed E-state index contributed by atoms with van der Waals surface area (Å²) in [6.45, 7) is 4.86. The van der Waals surface area contributed by atoms with Crippen molar-refractivity contribution in [3.8, 4) is 35.8 Å². The number of ether oxygens (including phenoxy) is 2. The number of unbranched alkanes of at least 4 members (excludes halogenated alkanes) is 5. The fourth-order valence-corrected chi connectivity index (χ4v) is 3.57. The van der Waals surface area contributed by atoms with Gasteiger partial charge in [0.25, 0.3) is 0 Å². The molecule has 0 aliphatic carbocycles. The fraction of sp³-hybridized carbons (Fsp3) is 0.333. The second-order valence-corrected chi connectivity index (χ2v) is 8.31. The van der Waals surface area contributed by atoms with Gasteiger partial charge >= 0.3 is 0 Å². The summed E-state index contributed by atoms with van der Waals surface area (Å²) in [6, 6.07) is 22.6. The molecule has 0 unspecified atom stereocenters. The Morgan fingerprint density at radius 3 is 1.14 bits per heavy atom. The molecular formula is C30H30N4O2. The van der Waals surface area contributed by atoms with Gasteiger partial charge in [-0.25, -0.2) is 0 Å². The van der Waals surface area contributed by atoms with Crippen molar-refractivity contribution in [1.82, 2.24) is 0 Å². The van der Waals surface area contributed by atoms with Gasteiger partial charge in [-0.15, -0.1) is 0 Å². The van der Waals surface area contributed by atoms with Gasteiger partial charge in [-0.1, -0.05) is 49.9 Å². The highest BCUT2D eigenvalue weighted by Gasteiger charge is 2.05. The minimum atomic E-state index is 0.126. The number of nitriles is 4. The van der Waals surface area contributed by atoms with E-state index in [2.05, 4.69) is 0 Å². The van der Waals surface area contributed by atoms with Gasteiger partial charge in [0, 0.05) is 0 Å². The Hall–Kier alpha value is -4.52. The summed E-state index contributed by atoms with van der Waals surface area (Å²) in [5.74, 6) is 1.57. The third-order valence-corrected chi connectivity index (χ3v) is 5.85. The lowest BCUT2D eigenvalue weighted by Gasteiger charge is -2.09. The molecule has 36 heavy (non-hydrogen) atoms. The quantitative estimate of drug-likeness (QED) is 0.223. The van der Waals surface area contributed by atoms with Crippen LogP contribution in [0.5, 0.6) is 11.5 Å². The van der Waals surface area contributed by atoms with Crippen LogP contribution in [0.3, 0.4) is 0 Å². The molecule has 6 heteroatoms. The Morgan fingerprint density at radius 1 is 0.528 bits per heavy atom. The van der Waals surface area contributed by atoms with Crippen LogP contribution in [0.15, 0.2) is 59.7 Å². The van der Waals surface area contributed by atoms with Gasteiger partial charge in [-0.3, -0.25) is 0 Å². The van der Waals surface area contributed by atoms with Gasteiger partial charge in [-0.05, 0) is 73.2 Å². The zero-order chi connectivity index (χ0) is 26.2. The van der Waals surface area contributed by atoms with Crippen molar-refractivity contribution in [2.75, 3.05) is 13.2 Å². The van der Waals surface area contributed by atoms with Crippen molar-refractivity contribution < 1.29 is 9.47 Å². The Labute approximate surface area is 213 Å². The van der Waals surface area contributed by atoms with E-state index in [4.69, 9.17) is 30.5 Å². The van der Waals surface area contributed by atoms with Crippen molar-refractivity contribution in [2.45, 2.75) is 52.4 Å². The van der Waals surface area contributed by atoms with E-state index in [0.29, 0.717) is 24.4 Å². The molecule has 0 amide bonds. The van der Waals surface area contributed by atoms with Gasteiger partial charge in [0.05, 0.1) is 13.2 Å². The molecule has 0 radical (unpaired) electrons. The first-order valence-corrected chi connectivity index (χ1v) is 12.0. The highest BCUT2D eigenvalue weighted by atomic mass is 16.5. The molecule has 0 atom stereocenters. The van der Waals surface area contributed by atoms with Crippen molar-refractivity contribution >= 4 is 11.1 Å². The van der Waals surface area contributed by atoms with Gasteiger partial charge in [0.15, 0.2) is 0 Å². The van der Waals surface area contributed by atoms with E-state index >= 15 is 0 Å². The van der Waals surface area contributed by atoms with Crippen molar-refractivity contribution in [3.63, 3.8) is 0 Å². The maximum atomic E-state index is 8.98. The highest BCUT2D eigenvalue weighted by molar-refractivity contribution is 5.74. The molecular weight excluding hydrogens is 448 g/mol. The van der Waals surface area contributed by atoms with Crippen molar-refractivity contribution in [1.29, 1.82) is 21.0 Å². The smallest absolute Gasteiger partial charge is 0.133 e. The molecule has 0 bridgehead atoms. The Morgan fingerprint density at radius 2 is 0.833 bits per heavy atom. The van der Waals surface area contributed by atoms with E-state index in [9.17, 15) is 0 Å². The van der Waals surface area contributed by atoms with Crippen molar-refractivity contribution in [3.05, 3.63) is 70.8 Å². The highest BCUT2D eigenvalue weighted by Crippen LogP contribution is 2.22. The zero-order valence-electron chi connectivity index (χ0n) is 20.9. The van der Waals surface area contributed by atoms with Crippen LogP contribution in [0.4, 0.5) is 0 Å². The average Bonchev–Trinajstić information content (AvgIpc) is 2.91. The van der Waals surface area contributed by atoms with E-state index < -0.39 is 0 Å². The maximum absolute atomic E-state index is 8.98. The molecule has 0 fully saturated rings. The van der Waals surface area contributed by atoms with E-state index in [1.807, 2.05) is 72.8 Å². The molecule has 0 aliphatic rings. The van der Waals surface area contributed by atoms with Gasteiger partial charge in [0.1, 0.15) is 46.9 Å². The first-order valence-electron chi connectivity index (χ1n) is 12.0. The molecule has 182 valence electrons. The number of rotatable bonds is 13. The fourth-order valence-electron chi connectivity index (χ4n) is 3.57. The number of benzene rings is 2. The summed E-state index contributed by atoms with van der Waals surface area (Å²) in [6.07, 6.45) is 6.50. The second kappa shape index (κ2) is 15.4. The molecule has 2 aromatic rings. The molecule has 0 spiro atoms. The second-order valence-electron chi connectivity index (χ2n) is 8.31. The summed E-state index contributed by atoms with van der Waals surface area (Å²) >= 11 is 0. The van der Waals surface area contributed by atoms with Crippen LogP contribution in [-0.2, 0) is 0 Å². The predicted octanol–water partition coefficient (Wildman–Crippen LogP) is 7.13. The molecule has 6 nitrogen and oxygen atoms in total. The molecule has 0 N–H and O–H groups in total. The predicted molar refractivity (Wildman–Crippen MR) is 139 cm³/mol. The van der Waals surface area contributed by atoms with Crippen LogP contribution in [0.2, 0.25) is 0 Å². The third kappa shape index (κ3) is 8.68. The number of hydrogen-bond donors (Lipinski definition) is 0.